The van der Waals surface area contributed by atoms with Crippen LogP contribution in [0.25, 0.3) is 21.5 Å². The van der Waals surface area contributed by atoms with Gasteiger partial charge in [-0.2, -0.15) is 0 Å². The Kier molecular flexibility index (Phi) is 2.76. The first-order chi connectivity index (χ1) is 6.93. The van der Waals surface area contributed by atoms with Crippen molar-refractivity contribution in [3.63, 3.8) is 0 Å². The maximum absolute atomic E-state index is 2.24. The average Bonchev–Trinajstić information content (AvgIpc) is 2.26. The second-order valence-electron chi connectivity index (χ2n) is 3.55. The SMILES string of the molecule is [Co].c1ccc2cc3ccccc3cc2c1. The van der Waals surface area contributed by atoms with Crippen molar-refractivity contribution in [1.82, 2.24) is 0 Å². The quantitative estimate of drug-likeness (QED) is 0.518. The van der Waals surface area contributed by atoms with Gasteiger partial charge < -0.3 is 0 Å². The molecule has 1 heteroatoms. The van der Waals surface area contributed by atoms with E-state index in [1.807, 2.05) is 0 Å². The second kappa shape index (κ2) is 4.05. The molecule has 0 spiro atoms. The Bertz CT molecular complexity index is 494. The topological polar surface area (TPSA) is 0 Å². The van der Waals surface area contributed by atoms with Crippen LogP contribution in [-0.4, -0.2) is 0 Å². The molecule has 0 N–H and O–H groups in total. The molecule has 0 fully saturated rings. The van der Waals surface area contributed by atoms with E-state index in [0.717, 1.165) is 0 Å². The van der Waals surface area contributed by atoms with Crippen LogP contribution in [0.3, 0.4) is 0 Å². The van der Waals surface area contributed by atoms with Gasteiger partial charge in [-0.25, -0.2) is 0 Å². The number of hydrogen-bond acceptors (Lipinski definition) is 0. The summed E-state index contributed by atoms with van der Waals surface area (Å²) >= 11 is 0. The van der Waals surface area contributed by atoms with Gasteiger partial charge in [0.2, 0.25) is 0 Å². The zero-order chi connectivity index (χ0) is 9.38. The van der Waals surface area contributed by atoms with Crippen LogP contribution in [0.2, 0.25) is 0 Å². The summed E-state index contributed by atoms with van der Waals surface area (Å²) in [6, 6.07) is 21.4. The molecule has 0 saturated carbocycles. The van der Waals surface area contributed by atoms with Gasteiger partial charge in [0.1, 0.15) is 0 Å². The van der Waals surface area contributed by atoms with Crippen LogP contribution in [0, 0.1) is 0 Å². The summed E-state index contributed by atoms with van der Waals surface area (Å²) in [6.07, 6.45) is 0. The van der Waals surface area contributed by atoms with E-state index in [0.29, 0.717) is 0 Å². The van der Waals surface area contributed by atoms with Crippen molar-refractivity contribution in [2.75, 3.05) is 0 Å². The number of rotatable bonds is 0. The summed E-state index contributed by atoms with van der Waals surface area (Å²) < 4.78 is 0. The molecular weight excluding hydrogens is 227 g/mol. The zero-order valence-electron chi connectivity index (χ0n) is 8.11. The van der Waals surface area contributed by atoms with Gasteiger partial charge in [-0.15, -0.1) is 0 Å². The molecular formula is C14H10Co. The fourth-order valence-corrected chi connectivity index (χ4v) is 1.88. The largest absolute Gasteiger partial charge is 0.0616 e. The molecule has 0 heterocycles. The zero-order valence-corrected chi connectivity index (χ0v) is 9.15. The summed E-state index contributed by atoms with van der Waals surface area (Å²) in [5.74, 6) is 0. The van der Waals surface area contributed by atoms with Crippen molar-refractivity contribution in [3.05, 3.63) is 60.7 Å². The monoisotopic (exact) mass is 237 g/mol. The number of hydrogen-bond donors (Lipinski definition) is 0. The Morgan fingerprint density at radius 2 is 0.733 bits per heavy atom. The van der Waals surface area contributed by atoms with E-state index in [1.165, 1.54) is 21.5 Å². The Hall–Kier alpha value is -1.31. The first-order valence-electron chi connectivity index (χ1n) is 4.81. The molecule has 0 bridgehead atoms. The van der Waals surface area contributed by atoms with Gasteiger partial charge in [0.25, 0.3) is 0 Å². The molecule has 0 nitrogen and oxygen atoms in total. The molecule has 75 valence electrons. The van der Waals surface area contributed by atoms with Crippen molar-refractivity contribution in [3.8, 4) is 0 Å². The normalized spacial score (nSPS) is 10.1. The molecule has 0 amide bonds. The van der Waals surface area contributed by atoms with E-state index in [4.69, 9.17) is 0 Å². The van der Waals surface area contributed by atoms with E-state index < -0.39 is 0 Å². The van der Waals surface area contributed by atoms with Crippen LogP contribution in [0.1, 0.15) is 0 Å². The maximum atomic E-state index is 2.24. The molecule has 3 rings (SSSR count). The Morgan fingerprint density at radius 1 is 0.467 bits per heavy atom. The van der Waals surface area contributed by atoms with Gasteiger partial charge in [0.05, 0.1) is 0 Å². The third-order valence-corrected chi connectivity index (χ3v) is 2.61. The van der Waals surface area contributed by atoms with Gasteiger partial charge in [0, 0.05) is 16.8 Å². The fourth-order valence-electron chi connectivity index (χ4n) is 1.88. The first kappa shape index (κ1) is 10.2. The van der Waals surface area contributed by atoms with E-state index in [2.05, 4.69) is 60.7 Å². The summed E-state index contributed by atoms with van der Waals surface area (Å²) in [4.78, 5) is 0. The molecule has 3 aromatic rings. The minimum Gasteiger partial charge on any atom is -0.0616 e. The van der Waals surface area contributed by atoms with E-state index >= 15 is 0 Å². The van der Waals surface area contributed by atoms with Crippen molar-refractivity contribution >= 4 is 21.5 Å². The molecule has 0 unspecified atom stereocenters. The van der Waals surface area contributed by atoms with Crippen molar-refractivity contribution < 1.29 is 16.8 Å². The van der Waals surface area contributed by atoms with Gasteiger partial charge >= 0.3 is 0 Å². The average molecular weight is 237 g/mol. The van der Waals surface area contributed by atoms with Crippen LogP contribution < -0.4 is 0 Å². The molecule has 1 radical (unpaired) electrons. The summed E-state index contributed by atoms with van der Waals surface area (Å²) in [6.45, 7) is 0. The van der Waals surface area contributed by atoms with Crippen molar-refractivity contribution in [2.24, 2.45) is 0 Å². The van der Waals surface area contributed by atoms with Crippen LogP contribution in [0.4, 0.5) is 0 Å². The molecule has 0 saturated heterocycles. The Morgan fingerprint density at radius 3 is 1.00 bits per heavy atom. The molecule has 3 aromatic carbocycles. The predicted octanol–water partition coefficient (Wildman–Crippen LogP) is 3.99. The Labute approximate surface area is 99.1 Å². The minimum atomic E-state index is 0. The molecule has 0 aliphatic heterocycles. The smallest absolute Gasteiger partial charge is 0 e. The molecule has 0 aliphatic rings. The van der Waals surface area contributed by atoms with E-state index in [-0.39, 0.29) is 16.8 Å². The second-order valence-corrected chi connectivity index (χ2v) is 3.55. The summed E-state index contributed by atoms with van der Waals surface area (Å²) in [7, 11) is 0. The van der Waals surface area contributed by atoms with E-state index in [9.17, 15) is 0 Å². The summed E-state index contributed by atoms with van der Waals surface area (Å²) in [5, 5.41) is 5.25. The third kappa shape index (κ3) is 1.76. The predicted molar refractivity (Wildman–Crippen MR) is 61.5 cm³/mol. The first-order valence-corrected chi connectivity index (χ1v) is 4.81. The third-order valence-electron chi connectivity index (χ3n) is 2.61. The van der Waals surface area contributed by atoms with Gasteiger partial charge in [-0.1, -0.05) is 48.5 Å². The standard InChI is InChI=1S/C14H10.Co/c1-2-6-12-10-14-8-4-3-7-13(14)9-11(12)5-1;/h1-10H;. The minimum absolute atomic E-state index is 0. The summed E-state index contributed by atoms with van der Waals surface area (Å²) in [5.41, 5.74) is 0. The number of benzene rings is 3. The van der Waals surface area contributed by atoms with Crippen LogP contribution in [-0.2, 0) is 16.8 Å². The van der Waals surface area contributed by atoms with E-state index in [1.54, 1.807) is 0 Å². The maximum Gasteiger partial charge on any atom is 0 e. The molecule has 0 aromatic heterocycles. The molecule has 15 heavy (non-hydrogen) atoms. The van der Waals surface area contributed by atoms with Gasteiger partial charge in [-0.3, -0.25) is 0 Å². The van der Waals surface area contributed by atoms with Gasteiger partial charge in [0.15, 0.2) is 0 Å². The van der Waals surface area contributed by atoms with Crippen molar-refractivity contribution in [2.45, 2.75) is 0 Å². The fraction of sp³-hybridized carbons (Fsp3) is 0. The van der Waals surface area contributed by atoms with Gasteiger partial charge in [-0.05, 0) is 33.7 Å². The van der Waals surface area contributed by atoms with Crippen LogP contribution >= 0.6 is 0 Å². The van der Waals surface area contributed by atoms with Crippen LogP contribution in [0.5, 0.6) is 0 Å². The van der Waals surface area contributed by atoms with Crippen LogP contribution in [0.15, 0.2) is 60.7 Å². The van der Waals surface area contributed by atoms with Crippen molar-refractivity contribution in [1.29, 1.82) is 0 Å². The molecule has 0 aliphatic carbocycles. The number of fused-ring (bicyclic) bond motifs is 2. The molecule has 0 atom stereocenters. The Balaban J connectivity index is 0.000000853.